The summed E-state index contributed by atoms with van der Waals surface area (Å²) in [5.41, 5.74) is 0.719. The molecule has 90 valence electrons. The van der Waals surface area contributed by atoms with E-state index in [0.29, 0.717) is 5.02 Å². The molecule has 0 amide bonds. The number of hydrogen-bond donors (Lipinski definition) is 0. The first kappa shape index (κ1) is 14.1. The highest BCUT2D eigenvalue weighted by Gasteiger charge is 2.19. The van der Waals surface area contributed by atoms with Gasteiger partial charge >= 0.3 is 0 Å². The van der Waals surface area contributed by atoms with Crippen LogP contribution in [0.5, 0.6) is 0 Å². The van der Waals surface area contributed by atoms with E-state index in [1.807, 2.05) is 6.92 Å². The van der Waals surface area contributed by atoms with Crippen LogP contribution in [0, 0.1) is 5.82 Å². The van der Waals surface area contributed by atoms with Crippen LogP contribution in [0.1, 0.15) is 38.2 Å². The van der Waals surface area contributed by atoms with Gasteiger partial charge in [-0.1, -0.05) is 43.5 Å². The minimum absolute atomic E-state index is 0.0147. The molecule has 16 heavy (non-hydrogen) atoms. The second-order valence-electron chi connectivity index (χ2n) is 3.88. The molecule has 1 aromatic carbocycles. The van der Waals surface area contributed by atoms with Gasteiger partial charge in [0.05, 0.1) is 5.02 Å². The number of halogens is 4. The number of alkyl halides is 1. The average molecular weight is 284 g/mol. The van der Waals surface area contributed by atoms with Crippen molar-refractivity contribution in [2.45, 2.75) is 38.0 Å². The molecule has 1 rings (SSSR count). The molecular weight excluding hydrogens is 269 g/mol. The lowest BCUT2D eigenvalue weighted by Crippen LogP contribution is -2.10. The Kier molecular flexibility index (Phi) is 5.36. The SMILES string of the molecule is CCCC(Cl)C(C)c1cc(F)c(Cl)cc1Cl. The molecule has 0 spiro atoms. The van der Waals surface area contributed by atoms with Gasteiger partial charge in [0.15, 0.2) is 0 Å². The second-order valence-corrected chi connectivity index (χ2v) is 5.26. The summed E-state index contributed by atoms with van der Waals surface area (Å²) in [5, 5.41) is 0.478. The van der Waals surface area contributed by atoms with Crippen molar-refractivity contribution < 1.29 is 4.39 Å². The number of rotatable bonds is 4. The van der Waals surface area contributed by atoms with Gasteiger partial charge < -0.3 is 0 Å². The summed E-state index contributed by atoms with van der Waals surface area (Å²) in [6, 6.07) is 2.81. The largest absolute Gasteiger partial charge is 0.205 e. The summed E-state index contributed by atoms with van der Waals surface area (Å²) in [4.78, 5) is 0. The molecule has 0 saturated carbocycles. The fraction of sp³-hybridized carbons (Fsp3) is 0.500. The van der Waals surface area contributed by atoms with Crippen molar-refractivity contribution in [2.24, 2.45) is 0 Å². The second kappa shape index (κ2) is 6.09. The zero-order valence-corrected chi connectivity index (χ0v) is 11.5. The Labute approximate surface area is 111 Å². The maximum absolute atomic E-state index is 13.3. The first-order chi connectivity index (χ1) is 7.47. The van der Waals surface area contributed by atoms with Gasteiger partial charge in [0.25, 0.3) is 0 Å². The van der Waals surface area contributed by atoms with Crippen molar-refractivity contribution in [1.82, 2.24) is 0 Å². The van der Waals surface area contributed by atoms with Crippen molar-refractivity contribution in [3.63, 3.8) is 0 Å². The Morgan fingerprint density at radius 1 is 1.25 bits per heavy atom. The van der Waals surface area contributed by atoms with Crippen molar-refractivity contribution in [1.29, 1.82) is 0 Å². The predicted octanol–water partition coefficient (Wildman–Crippen LogP) is 5.64. The minimum Gasteiger partial charge on any atom is -0.205 e. The summed E-state index contributed by atoms with van der Waals surface area (Å²) in [6.45, 7) is 4.01. The predicted molar refractivity (Wildman–Crippen MR) is 69.4 cm³/mol. The molecule has 0 heterocycles. The molecule has 0 aliphatic carbocycles. The molecule has 0 bridgehead atoms. The van der Waals surface area contributed by atoms with Crippen LogP contribution in [0.4, 0.5) is 4.39 Å². The maximum atomic E-state index is 13.3. The van der Waals surface area contributed by atoms with E-state index < -0.39 is 5.82 Å². The molecule has 0 aliphatic heterocycles. The first-order valence-corrected chi connectivity index (χ1v) is 6.45. The van der Waals surface area contributed by atoms with Crippen LogP contribution >= 0.6 is 34.8 Å². The Morgan fingerprint density at radius 3 is 2.44 bits per heavy atom. The summed E-state index contributed by atoms with van der Waals surface area (Å²) in [6.07, 6.45) is 1.87. The van der Waals surface area contributed by atoms with Gasteiger partial charge in [-0.2, -0.15) is 0 Å². The van der Waals surface area contributed by atoms with E-state index in [1.54, 1.807) is 0 Å². The van der Waals surface area contributed by atoms with Crippen LogP contribution in [-0.4, -0.2) is 5.38 Å². The van der Waals surface area contributed by atoms with Crippen LogP contribution in [0.15, 0.2) is 12.1 Å². The quantitative estimate of drug-likeness (QED) is 0.495. The van der Waals surface area contributed by atoms with Gasteiger partial charge in [0.1, 0.15) is 5.82 Å². The zero-order valence-electron chi connectivity index (χ0n) is 9.24. The van der Waals surface area contributed by atoms with E-state index in [4.69, 9.17) is 34.8 Å². The molecule has 2 unspecified atom stereocenters. The molecule has 0 aromatic heterocycles. The molecular formula is C12H14Cl3F. The van der Waals surface area contributed by atoms with E-state index in [0.717, 1.165) is 18.4 Å². The molecule has 4 heteroatoms. The summed E-state index contributed by atoms with van der Waals surface area (Å²) >= 11 is 17.9. The summed E-state index contributed by atoms with van der Waals surface area (Å²) in [5.74, 6) is -0.436. The zero-order chi connectivity index (χ0) is 12.3. The monoisotopic (exact) mass is 282 g/mol. The lowest BCUT2D eigenvalue weighted by Gasteiger charge is -2.19. The summed E-state index contributed by atoms with van der Waals surface area (Å²) in [7, 11) is 0. The van der Waals surface area contributed by atoms with E-state index in [-0.39, 0.29) is 16.3 Å². The highest BCUT2D eigenvalue weighted by molar-refractivity contribution is 6.35. The van der Waals surface area contributed by atoms with Gasteiger partial charge in [0, 0.05) is 10.4 Å². The third-order valence-electron chi connectivity index (χ3n) is 2.64. The average Bonchev–Trinajstić information content (AvgIpc) is 2.23. The van der Waals surface area contributed by atoms with Crippen LogP contribution in [0.2, 0.25) is 10.0 Å². The Morgan fingerprint density at radius 2 is 1.88 bits per heavy atom. The first-order valence-electron chi connectivity index (χ1n) is 5.25. The molecule has 0 aliphatic rings. The number of benzene rings is 1. The molecule has 0 N–H and O–H groups in total. The van der Waals surface area contributed by atoms with Gasteiger partial charge in [-0.3, -0.25) is 0 Å². The Hall–Kier alpha value is 0.0200. The van der Waals surface area contributed by atoms with E-state index >= 15 is 0 Å². The molecule has 0 radical (unpaired) electrons. The lowest BCUT2D eigenvalue weighted by atomic mass is 9.95. The van der Waals surface area contributed by atoms with Crippen LogP contribution in [-0.2, 0) is 0 Å². The highest BCUT2D eigenvalue weighted by atomic mass is 35.5. The number of hydrogen-bond acceptors (Lipinski definition) is 0. The topological polar surface area (TPSA) is 0 Å². The third-order valence-corrected chi connectivity index (χ3v) is 3.85. The van der Waals surface area contributed by atoms with Crippen molar-refractivity contribution >= 4 is 34.8 Å². The van der Waals surface area contributed by atoms with Crippen molar-refractivity contribution in [2.75, 3.05) is 0 Å². The molecule has 0 saturated heterocycles. The van der Waals surface area contributed by atoms with Crippen LogP contribution in [0.25, 0.3) is 0 Å². The smallest absolute Gasteiger partial charge is 0.142 e. The molecule has 0 nitrogen and oxygen atoms in total. The minimum atomic E-state index is -0.451. The van der Waals surface area contributed by atoms with Gasteiger partial charge in [0.2, 0.25) is 0 Å². The van der Waals surface area contributed by atoms with Gasteiger partial charge in [-0.25, -0.2) is 4.39 Å². The standard InChI is InChI=1S/C12H14Cl3F/c1-3-4-9(13)7(2)8-5-12(16)11(15)6-10(8)14/h5-7,9H,3-4H2,1-2H3. The fourth-order valence-electron chi connectivity index (χ4n) is 1.61. The molecule has 0 fully saturated rings. The van der Waals surface area contributed by atoms with E-state index in [1.165, 1.54) is 12.1 Å². The maximum Gasteiger partial charge on any atom is 0.142 e. The Balaban J connectivity index is 2.99. The van der Waals surface area contributed by atoms with Gasteiger partial charge in [-0.15, -0.1) is 11.6 Å². The van der Waals surface area contributed by atoms with Gasteiger partial charge in [-0.05, 0) is 30.0 Å². The van der Waals surface area contributed by atoms with E-state index in [2.05, 4.69) is 6.92 Å². The van der Waals surface area contributed by atoms with E-state index in [9.17, 15) is 4.39 Å². The summed E-state index contributed by atoms with van der Waals surface area (Å²) < 4.78 is 13.3. The van der Waals surface area contributed by atoms with Crippen molar-refractivity contribution in [3.05, 3.63) is 33.6 Å². The Bertz CT molecular complexity index is 366. The van der Waals surface area contributed by atoms with Crippen LogP contribution in [0.3, 0.4) is 0 Å². The normalized spacial score (nSPS) is 14.9. The highest BCUT2D eigenvalue weighted by Crippen LogP contribution is 2.34. The lowest BCUT2D eigenvalue weighted by molar-refractivity contribution is 0.606. The van der Waals surface area contributed by atoms with Crippen LogP contribution < -0.4 is 0 Å². The molecule has 2 atom stereocenters. The fourth-order valence-corrected chi connectivity index (χ4v) is 2.52. The van der Waals surface area contributed by atoms with Crippen molar-refractivity contribution in [3.8, 4) is 0 Å². The molecule has 1 aromatic rings. The third kappa shape index (κ3) is 3.26.